The van der Waals surface area contributed by atoms with Crippen LogP contribution in [0.3, 0.4) is 0 Å². The van der Waals surface area contributed by atoms with Crippen molar-refractivity contribution in [2.75, 3.05) is 26.2 Å². The number of benzene rings is 2. The largest absolute Gasteiger partial charge is 0.481 e. The Labute approximate surface area is 153 Å². The van der Waals surface area contributed by atoms with Crippen LogP contribution in [0.5, 0.6) is 0 Å². The molecule has 0 amide bonds. The summed E-state index contributed by atoms with van der Waals surface area (Å²) in [7, 11) is 0. The summed E-state index contributed by atoms with van der Waals surface area (Å²) in [6, 6.07) is 17.2. The molecule has 0 aliphatic carbocycles. The molecule has 1 heterocycles. The number of carbonyl (C=O) groups is 2. The van der Waals surface area contributed by atoms with Crippen molar-refractivity contribution in [1.29, 1.82) is 0 Å². The van der Waals surface area contributed by atoms with Gasteiger partial charge in [-0.2, -0.15) is 0 Å². The molecule has 0 aromatic heterocycles. The first kappa shape index (κ1) is 18.3. The van der Waals surface area contributed by atoms with Gasteiger partial charge in [0.2, 0.25) is 0 Å². The standard InChI is InChI=1S/C21H23NO4/c23-19(17-4-2-1-3-5-17)14-16-6-8-18(9-7-16)20-15-22(12-13-26-20)11-10-21(24)25/h1-9,20H,10-15H2,(H,24,25). The van der Waals surface area contributed by atoms with Crippen LogP contribution in [-0.2, 0) is 16.0 Å². The lowest BCUT2D eigenvalue weighted by Gasteiger charge is -2.32. The summed E-state index contributed by atoms with van der Waals surface area (Å²) in [5, 5.41) is 8.83. The molecule has 0 bridgehead atoms. The molecular formula is C21H23NO4. The van der Waals surface area contributed by atoms with Crippen molar-refractivity contribution < 1.29 is 19.4 Å². The molecule has 2 aromatic rings. The smallest absolute Gasteiger partial charge is 0.304 e. The molecule has 1 atom stereocenters. The number of hydrogen-bond donors (Lipinski definition) is 1. The SMILES string of the molecule is O=C(O)CCN1CCOC(c2ccc(CC(=O)c3ccccc3)cc2)C1. The number of hydrogen-bond acceptors (Lipinski definition) is 4. The first-order valence-electron chi connectivity index (χ1n) is 8.84. The molecular weight excluding hydrogens is 330 g/mol. The lowest BCUT2D eigenvalue weighted by atomic mass is 10.00. The molecule has 0 saturated carbocycles. The van der Waals surface area contributed by atoms with Crippen LogP contribution >= 0.6 is 0 Å². The van der Waals surface area contributed by atoms with Gasteiger partial charge in [0, 0.05) is 31.6 Å². The molecule has 0 radical (unpaired) electrons. The number of carboxylic acid groups (broad SMARTS) is 1. The van der Waals surface area contributed by atoms with Crippen molar-refractivity contribution in [3.8, 4) is 0 Å². The Morgan fingerprint density at radius 3 is 2.50 bits per heavy atom. The van der Waals surface area contributed by atoms with Crippen LogP contribution in [0.4, 0.5) is 0 Å². The highest BCUT2D eigenvalue weighted by Gasteiger charge is 2.22. The summed E-state index contributed by atoms with van der Waals surface area (Å²) in [5.41, 5.74) is 2.75. The lowest BCUT2D eigenvalue weighted by molar-refractivity contribution is -0.137. The highest BCUT2D eigenvalue weighted by molar-refractivity contribution is 5.97. The van der Waals surface area contributed by atoms with Crippen LogP contribution in [0.25, 0.3) is 0 Å². The third-order valence-corrected chi connectivity index (χ3v) is 4.60. The van der Waals surface area contributed by atoms with Crippen LogP contribution in [0, 0.1) is 0 Å². The van der Waals surface area contributed by atoms with E-state index in [1.165, 1.54) is 0 Å². The fourth-order valence-corrected chi connectivity index (χ4v) is 3.12. The number of ether oxygens (including phenoxy) is 1. The average Bonchev–Trinajstić information content (AvgIpc) is 2.68. The van der Waals surface area contributed by atoms with E-state index in [9.17, 15) is 9.59 Å². The van der Waals surface area contributed by atoms with Crippen LogP contribution in [0.1, 0.15) is 34.0 Å². The Hall–Kier alpha value is -2.50. The van der Waals surface area contributed by atoms with E-state index in [0.717, 1.165) is 23.2 Å². The maximum absolute atomic E-state index is 12.3. The molecule has 1 N–H and O–H groups in total. The zero-order valence-corrected chi connectivity index (χ0v) is 14.6. The number of morpholine rings is 1. The predicted molar refractivity (Wildman–Crippen MR) is 98.3 cm³/mol. The quantitative estimate of drug-likeness (QED) is 0.775. The topological polar surface area (TPSA) is 66.8 Å². The number of aliphatic carboxylic acids is 1. The van der Waals surface area contributed by atoms with Gasteiger partial charge in [0.15, 0.2) is 5.78 Å². The molecule has 1 aliphatic heterocycles. The van der Waals surface area contributed by atoms with Crippen LogP contribution < -0.4 is 0 Å². The van der Waals surface area contributed by atoms with Gasteiger partial charge in [0.25, 0.3) is 0 Å². The van der Waals surface area contributed by atoms with Crippen LogP contribution in [0.15, 0.2) is 54.6 Å². The number of Topliss-reactive ketones (excluding diaryl/α,β-unsaturated/α-hetero) is 1. The number of ketones is 1. The Bertz CT molecular complexity index is 742. The van der Waals surface area contributed by atoms with Gasteiger partial charge in [-0.1, -0.05) is 54.6 Å². The minimum Gasteiger partial charge on any atom is -0.481 e. The highest BCUT2D eigenvalue weighted by Crippen LogP contribution is 2.23. The molecule has 5 nitrogen and oxygen atoms in total. The predicted octanol–water partition coefficient (Wildman–Crippen LogP) is 2.96. The fourth-order valence-electron chi connectivity index (χ4n) is 3.12. The van der Waals surface area contributed by atoms with Gasteiger partial charge in [-0.3, -0.25) is 14.5 Å². The zero-order chi connectivity index (χ0) is 18.4. The van der Waals surface area contributed by atoms with E-state index < -0.39 is 5.97 Å². The van der Waals surface area contributed by atoms with E-state index in [-0.39, 0.29) is 18.3 Å². The van der Waals surface area contributed by atoms with Crippen molar-refractivity contribution in [3.05, 3.63) is 71.3 Å². The maximum atomic E-state index is 12.3. The summed E-state index contributed by atoms with van der Waals surface area (Å²) in [6.45, 7) is 2.58. The molecule has 1 saturated heterocycles. The maximum Gasteiger partial charge on any atom is 0.304 e. The molecule has 136 valence electrons. The third-order valence-electron chi connectivity index (χ3n) is 4.60. The van der Waals surface area contributed by atoms with Gasteiger partial charge in [0.1, 0.15) is 0 Å². The van der Waals surface area contributed by atoms with Crippen molar-refractivity contribution in [3.63, 3.8) is 0 Å². The minimum atomic E-state index is -0.777. The Morgan fingerprint density at radius 2 is 1.81 bits per heavy atom. The van der Waals surface area contributed by atoms with Crippen molar-refractivity contribution >= 4 is 11.8 Å². The first-order chi connectivity index (χ1) is 12.6. The van der Waals surface area contributed by atoms with Crippen molar-refractivity contribution in [2.24, 2.45) is 0 Å². The third kappa shape index (κ3) is 5.00. The van der Waals surface area contributed by atoms with Crippen molar-refractivity contribution in [2.45, 2.75) is 18.9 Å². The van der Waals surface area contributed by atoms with E-state index in [1.807, 2.05) is 54.6 Å². The summed E-state index contributed by atoms with van der Waals surface area (Å²) >= 11 is 0. The second-order valence-corrected chi connectivity index (χ2v) is 6.51. The highest BCUT2D eigenvalue weighted by atomic mass is 16.5. The van der Waals surface area contributed by atoms with Gasteiger partial charge in [0.05, 0.1) is 19.1 Å². The van der Waals surface area contributed by atoms with E-state index in [1.54, 1.807) is 0 Å². The first-order valence-corrected chi connectivity index (χ1v) is 8.84. The summed E-state index contributed by atoms with van der Waals surface area (Å²) in [5.74, 6) is -0.674. The molecule has 0 spiro atoms. The average molecular weight is 353 g/mol. The number of nitrogens with zero attached hydrogens (tertiary/aromatic N) is 1. The summed E-state index contributed by atoms with van der Waals surface area (Å²) in [4.78, 5) is 25.1. The molecule has 1 unspecified atom stereocenters. The lowest BCUT2D eigenvalue weighted by Crippen LogP contribution is -2.39. The second-order valence-electron chi connectivity index (χ2n) is 6.51. The van der Waals surface area contributed by atoms with Gasteiger partial charge >= 0.3 is 5.97 Å². The van der Waals surface area contributed by atoms with E-state index in [4.69, 9.17) is 9.84 Å². The molecule has 2 aromatic carbocycles. The number of rotatable bonds is 7. The van der Waals surface area contributed by atoms with E-state index in [2.05, 4.69) is 4.90 Å². The number of carbonyl (C=O) groups excluding carboxylic acids is 1. The Kier molecular flexibility index (Phi) is 6.15. The van der Waals surface area contributed by atoms with Crippen LogP contribution in [-0.4, -0.2) is 48.0 Å². The van der Waals surface area contributed by atoms with Crippen molar-refractivity contribution in [1.82, 2.24) is 4.90 Å². The molecule has 3 rings (SSSR count). The fraction of sp³-hybridized carbons (Fsp3) is 0.333. The molecule has 5 heteroatoms. The monoisotopic (exact) mass is 353 g/mol. The Balaban J connectivity index is 1.58. The van der Waals surface area contributed by atoms with Gasteiger partial charge in [-0.15, -0.1) is 0 Å². The van der Waals surface area contributed by atoms with Gasteiger partial charge in [-0.05, 0) is 11.1 Å². The molecule has 26 heavy (non-hydrogen) atoms. The van der Waals surface area contributed by atoms with Gasteiger partial charge < -0.3 is 9.84 Å². The van der Waals surface area contributed by atoms with Crippen LogP contribution in [0.2, 0.25) is 0 Å². The minimum absolute atomic E-state index is 0.0589. The zero-order valence-electron chi connectivity index (χ0n) is 14.6. The van der Waals surface area contributed by atoms with Gasteiger partial charge in [-0.25, -0.2) is 0 Å². The molecule has 1 fully saturated rings. The summed E-state index contributed by atoms with van der Waals surface area (Å²) < 4.78 is 5.84. The van der Waals surface area contributed by atoms with E-state index >= 15 is 0 Å². The number of carboxylic acids is 1. The van der Waals surface area contributed by atoms with E-state index in [0.29, 0.717) is 26.1 Å². The molecule has 1 aliphatic rings. The second kappa shape index (κ2) is 8.74. The normalized spacial score (nSPS) is 17.8. The Morgan fingerprint density at radius 1 is 1.08 bits per heavy atom. The summed E-state index contributed by atoms with van der Waals surface area (Å²) in [6.07, 6.45) is 0.463.